The van der Waals surface area contributed by atoms with Crippen molar-refractivity contribution in [3.05, 3.63) is 28.5 Å². The number of Topliss-reactive ketones (excluding diaryl/α,β-unsaturated/α-hetero) is 1. The Morgan fingerprint density at radius 3 is 2.67 bits per heavy atom. The Kier molecular flexibility index (Phi) is 4.23. The van der Waals surface area contributed by atoms with Crippen LogP contribution in [0.4, 0.5) is 0 Å². The van der Waals surface area contributed by atoms with Gasteiger partial charge in [0, 0.05) is 7.05 Å². The lowest BCUT2D eigenvalue weighted by Gasteiger charge is -2.03. The molecule has 0 spiro atoms. The van der Waals surface area contributed by atoms with E-state index in [-0.39, 0.29) is 33.4 Å². The topological polar surface area (TPSA) is 59.1 Å². The monoisotopic (exact) mass is 290 g/mol. The SMILES string of the molecule is CNC(=O)c1ccc(C(=O)CBr)nc1Cl. The molecule has 1 aromatic rings. The number of alkyl halides is 1. The zero-order valence-corrected chi connectivity index (χ0v) is 10.2. The third-order valence-electron chi connectivity index (χ3n) is 1.73. The van der Waals surface area contributed by atoms with Crippen LogP contribution in [0.25, 0.3) is 0 Å². The van der Waals surface area contributed by atoms with Gasteiger partial charge in [-0.25, -0.2) is 4.98 Å². The Labute approximate surface area is 100 Å². The molecule has 0 aliphatic rings. The minimum atomic E-state index is -0.328. The van der Waals surface area contributed by atoms with Crippen LogP contribution in [0.3, 0.4) is 0 Å². The highest BCUT2D eigenvalue weighted by atomic mass is 79.9. The van der Waals surface area contributed by atoms with E-state index in [0.29, 0.717) is 0 Å². The second kappa shape index (κ2) is 5.23. The summed E-state index contributed by atoms with van der Waals surface area (Å²) in [5.74, 6) is -0.509. The van der Waals surface area contributed by atoms with Crippen molar-refractivity contribution in [2.75, 3.05) is 12.4 Å². The number of carbonyl (C=O) groups is 2. The van der Waals surface area contributed by atoms with Crippen LogP contribution in [-0.4, -0.2) is 29.1 Å². The van der Waals surface area contributed by atoms with E-state index in [0.717, 1.165) is 0 Å². The lowest BCUT2D eigenvalue weighted by atomic mass is 10.2. The number of rotatable bonds is 3. The summed E-state index contributed by atoms with van der Waals surface area (Å²) in [7, 11) is 1.50. The first-order chi connectivity index (χ1) is 7.10. The molecule has 0 aliphatic carbocycles. The standard InChI is InChI=1S/C9H8BrClN2O2/c1-12-9(15)5-2-3-6(7(14)4-10)13-8(5)11/h2-3H,4H2,1H3,(H,12,15). The van der Waals surface area contributed by atoms with E-state index >= 15 is 0 Å². The number of halogens is 2. The third-order valence-corrected chi connectivity index (χ3v) is 2.52. The van der Waals surface area contributed by atoms with Crippen molar-refractivity contribution in [2.24, 2.45) is 0 Å². The maximum atomic E-state index is 11.3. The fourth-order valence-electron chi connectivity index (χ4n) is 0.962. The number of amides is 1. The van der Waals surface area contributed by atoms with Crippen LogP contribution in [0, 0.1) is 0 Å². The average Bonchev–Trinajstić information content (AvgIpc) is 2.26. The number of hydrogen-bond donors (Lipinski definition) is 1. The maximum absolute atomic E-state index is 11.3. The Hall–Kier alpha value is -0.940. The number of pyridine rings is 1. The van der Waals surface area contributed by atoms with Crippen LogP contribution in [-0.2, 0) is 0 Å². The summed E-state index contributed by atoms with van der Waals surface area (Å²) < 4.78 is 0. The molecule has 15 heavy (non-hydrogen) atoms. The molecule has 0 radical (unpaired) electrons. The molecule has 80 valence electrons. The van der Waals surface area contributed by atoms with Crippen LogP contribution in [0.2, 0.25) is 5.15 Å². The largest absolute Gasteiger partial charge is 0.355 e. The number of ketones is 1. The molecule has 1 aromatic heterocycles. The quantitative estimate of drug-likeness (QED) is 0.523. The highest BCUT2D eigenvalue weighted by molar-refractivity contribution is 9.09. The molecule has 1 amide bonds. The molecule has 0 saturated carbocycles. The zero-order chi connectivity index (χ0) is 11.4. The Bertz CT molecular complexity index is 409. The van der Waals surface area contributed by atoms with Gasteiger partial charge in [-0.15, -0.1) is 0 Å². The first kappa shape index (κ1) is 12.1. The van der Waals surface area contributed by atoms with Gasteiger partial charge in [-0.3, -0.25) is 9.59 Å². The van der Waals surface area contributed by atoms with Crippen LogP contribution in [0.5, 0.6) is 0 Å². The number of aromatic nitrogens is 1. The van der Waals surface area contributed by atoms with Crippen LogP contribution in [0.1, 0.15) is 20.8 Å². The third kappa shape index (κ3) is 2.76. The summed E-state index contributed by atoms with van der Waals surface area (Å²) >= 11 is 8.79. The molecule has 4 nitrogen and oxygen atoms in total. The molecule has 6 heteroatoms. The Balaban J connectivity index is 3.08. The van der Waals surface area contributed by atoms with E-state index in [4.69, 9.17) is 11.6 Å². The molecule has 1 N–H and O–H groups in total. The molecule has 0 aromatic carbocycles. The van der Waals surface area contributed by atoms with E-state index in [1.165, 1.54) is 19.2 Å². The van der Waals surface area contributed by atoms with Crippen molar-refractivity contribution < 1.29 is 9.59 Å². The highest BCUT2D eigenvalue weighted by Gasteiger charge is 2.13. The average molecular weight is 292 g/mol. The normalized spacial score (nSPS) is 9.80. The minimum absolute atomic E-state index is 0.0288. The van der Waals surface area contributed by atoms with E-state index < -0.39 is 0 Å². The fourth-order valence-corrected chi connectivity index (χ4v) is 1.49. The molecular formula is C9H8BrClN2O2. The summed E-state index contributed by atoms with van der Waals surface area (Å²) in [5.41, 5.74) is 0.495. The molecule has 1 heterocycles. The second-order valence-corrected chi connectivity index (χ2v) is 3.59. The predicted molar refractivity (Wildman–Crippen MR) is 60.8 cm³/mol. The molecule has 0 bridgehead atoms. The summed E-state index contributed by atoms with van der Waals surface area (Å²) in [6.07, 6.45) is 0. The lowest BCUT2D eigenvalue weighted by Crippen LogP contribution is -2.19. The first-order valence-electron chi connectivity index (χ1n) is 4.08. The van der Waals surface area contributed by atoms with Crippen molar-refractivity contribution in [3.8, 4) is 0 Å². The summed E-state index contributed by atoms with van der Waals surface area (Å²) in [6, 6.07) is 2.95. The van der Waals surface area contributed by atoms with Crippen LogP contribution in [0.15, 0.2) is 12.1 Å². The predicted octanol–water partition coefficient (Wildman–Crippen LogP) is 1.67. The van der Waals surface area contributed by atoms with Crippen LogP contribution >= 0.6 is 27.5 Å². The van der Waals surface area contributed by atoms with Gasteiger partial charge >= 0.3 is 0 Å². The van der Waals surface area contributed by atoms with E-state index in [2.05, 4.69) is 26.2 Å². The summed E-state index contributed by atoms with van der Waals surface area (Å²) in [5, 5.41) is 2.63. The van der Waals surface area contributed by atoms with Gasteiger partial charge in [-0.2, -0.15) is 0 Å². The van der Waals surface area contributed by atoms with E-state index in [9.17, 15) is 9.59 Å². The number of carbonyl (C=O) groups excluding carboxylic acids is 2. The molecule has 0 saturated heterocycles. The molecule has 1 rings (SSSR count). The van der Waals surface area contributed by atoms with Gasteiger partial charge < -0.3 is 5.32 Å². The minimum Gasteiger partial charge on any atom is -0.355 e. The lowest BCUT2D eigenvalue weighted by molar-refractivity contribution is 0.0960. The number of nitrogens with zero attached hydrogens (tertiary/aromatic N) is 1. The second-order valence-electron chi connectivity index (χ2n) is 2.67. The van der Waals surface area contributed by atoms with Gasteiger partial charge in [0.2, 0.25) is 0 Å². The molecule has 0 atom stereocenters. The Morgan fingerprint density at radius 1 is 1.53 bits per heavy atom. The summed E-state index contributed by atoms with van der Waals surface area (Å²) in [6.45, 7) is 0. The van der Waals surface area contributed by atoms with Gasteiger partial charge in [-0.05, 0) is 12.1 Å². The summed E-state index contributed by atoms with van der Waals surface area (Å²) in [4.78, 5) is 26.3. The van der Waals surface area contributed by atoms with Gasteiger partial charge in [0.05, 0.1) is 10.9 Å². The first-order valence-corrected chi connectivity index (χ1v) is 5.58. The van der Waals surface area contributed by atoms with E-state index in [1.807, 2.05) is 0 Å². The number of hydrogen-bond acceptors (Lipinski definition) is 3. The van der Waals surface area contributed by atoms with Gasteiger partial charge in [0.15, 0.2) is 5.78 Å². The zero-order valence-electron chi connectivity index (χ0n) is 7.88. The van der Waals surface area contributed by atoms with Gasteiger partial charge in [0.1, 0.15) is 10.8 Å². The van der Waals surface area contributed by atoms with Crippen molar-refractivity contribution in [3.63, 3.8) is 0 Å². The van der Waals surface area contributed by atoms with Crippen molar-refractivity contribution in [2.45, 2.75) is 0 Å². The fraction of sp³-hybridized carbons (Fsp3) is 0.222. The highest BCUT2D eigenvalue weighted by Crippen LogP contribution is 2.14. The molecule has 0 fully saturated rings. The van der Waals surface area contributed by atoms with Crippen LogP contribution < -0.4 is 5.32 Å². The number of nitrogens with one attached hydrogen (secondary N) is 1. The molecule has 0 aliphatic heterocycles. The van der Waals surface area contributed by atoms with Crippen molar-refractivity contribution >= 4 is 39.2 Å². The Morgan fingerprint density at radius 2 is 2.20 bits per heavy atom. The maximum Gasteiger partial charge on any atom is 0.254 e. The molecular weight excluding hydrogens is 283 g/mol. The smallest absolute Gasteiger partial charge is 0.254 e. The van der Waals surface area contributed by atoms with Crippen molar-refractivity contribution in [1.29, 1.82) is 0 Å². The van der Waals surface area contributed by atoms with Gasteiger partial charge in [-0.1, -0.05) is 27.5 Å². The van der Waals surface area contributed by atoms with Gasteiger partial charge in [0.25, 0.3) is 5.91 Å². The van der Waals surface area contributed by atoms with E-state index in [1.54, 1.807) is 0 Å². The molecule has 0 unspecified atom stereocenters. The van der Waals surface area contributed by atoms with Crippen molar-refractivity contribution in [1.82, 2.24) is 10.3 Å².